The molecule has 17 heavy (non-hydrogen) atoms. The van der Waals surface area contributed by atoms with Gasteiger partial charge in [0.05, 0.1) is 0 Å². The summed E-state index contributed by atoms with van der Waals surface area (Å²) in [6.45, 7) is 4.72. The number of carbonyl (C=O) groups is 2. The molecule has 0 aromatic rings. The van der Waals surface area contributed by atoms with E-state index in [4.69, 9.17) is 0 Å². The monoisotopic (exact) mass is 241 g/mol. The molecule has 0 radical (unpaired) electrons. The normalized spacial score (nSPS) is 24.7. The zero-order chi connectivity index (χ0) is 12.8. The summed E-state index contributed by atoms with van der Waals surface area (Å²) in [6, 6.07) is -0.599. The van der Waals surface area contributed by atoms with Gasteiger partial charge in [-0.15, -0.1) is 0 Å². The summed E-state index contributed by atoms with van der Waals surface area (Å²) < 4.78 is 0. The van der Waals surface area contributed by atoms with Gasteiger partial charge >= 0.3 is 5.97 Å². The topological polar surface area (TPSA) is 57.6 Å². The summed E-state index contributed by atoms with van der Waals surface area (Å²) >= 11 is 0. The van der Waals surface area contributed by atoms with Crippen LogP contribution in [-0.4, -0.2) is 34.5 Å². The molecular formula is C13H23NO3. The Hall–Kier alpha value is -1.06. The molecule has 1 amide bonds. The number of aliphatic carboxylic acids is 1. The molecule has 0 aromatic heterocycles. The van der Waals surface area contributed by atoms with E-state index in [0.29, 0.717) is 25.3 Å². The molecule has 0 aliphatic carbocycles. The molecule has 2 unspecified atom stereocenters. The van der Waals surface area contributed by atoms with Gasteiger partial charge in [-0.3, -0.25) is 4.79 Å². The maximum Gasteiger partial charge on any atom is 0.326 e. The van der Waals surface area contributed by atoms with Gasteiger partial charge in [-0.1, -0.05) is 26.7 Å². The van der Waals surface area contributed by atoms with Crippen LogP contribution in [0.5, 0.6) is 0 Å². The van der Waals surface area contributed by atoms with E-state index in [-0.39, 0.29) is 5.91 Å². The molecule has 0 saturated carbocycles. The lowest BCUT2D eigenvalue weighted by atomic mass is 9.88. The molecular weight excluding hydrogens is 218 g/mol. The SMILES string of the molecule is CCCCC(=O)N1CCC(CC)CC1C(=O)O. The summed E-state index contributed by atoms with van der Waals surface area (Å²) in [5.41, 5.74) is 0. The highest BCUT2D eigenvalue weighted by Crippen LogP contribution is 2.26. The molecule has 1 rings (SSSR count). The van der Waals surface area contributed by atoms with Gasteiger partial charge in [-0.2, -0.15) is 0 Å². The Balaban J connectivity index is 2.63. The fourth-order valence-corrected chi connectivity index (χ4v) is 2.41. The first-order valence-electron chi connectivity index (χ1n) is 6.62. The van der Waals surface area contributed by atoms with Gasteiger partial charge in [0.15, 0.2) is 0 Å². The van der Waals surface area contributed by atoms with E-state index in [1.807, 2.05) is 6.92 Å². The molecule has 0 aromatic carbocycles. The number of carboxylic acids is 1. The summed E-state index contributed by atoms with van der Waals surface area (Å²) in [5, 5.41) is 9.20. The van der Waals surface area contributed by atoms with E-state index in [1.54, 1.807) is 4.90 Å². The molecule has 2 atom stereocenters. The number of likely N-dealkylation sites (tertiary alicyclic amines) is 1. The van der Waals surface area contributed by atoms with E-state index in [0.717, 1.165) is 25.7 Å². The lowest BCUT2D eigenvalue weighted by molar-refractivity contribution is -0.153. The molecule has 4 nitrogen and oxygen atoms in total. The number of hydrogen-bond donors (Lipinski definition) is 1. The lowest BCUT2D eigenvalue weighted by Crippen LogP contribution is -2.50. The molecule has 4 heteroatoms. The molecule has 1 N–H and O–H groups in total. The Labute approximate surface area is 103 Å². The van der Waals surface area contributed by atoms with E-state index in [2.05, 4.69) is 6.92 Å². The van der Waals surface area contributed by atoms with Crippen molar-refractivity contribution in [2.24, 2.45) is 5.92 Å². The van der Waals surface area contributed by atoms with Crippen LogP contribution in [0.25, 0.3) is 0 Å². The summed E-state index contributed by atoms with van der Waals surface area (Å²) in [7, 11) is 0. The molecule has 1 fully saturated rings. The van der Waals surface area contributed by atoms with Gasteiger partial charge in [-0.05, 0) is 25.2 Å². The Bertz CT molecular complexity index is 278. The largest absolute Gasteiger partial charge is 0.480 e. The fraction of sp³-hybridized carbons (Fsp3) is 0.846. The predicted octanol–water partition coefficient (Wildman–Crippen LogP) is 2.28. The highest BCUT2D eigenvalue weighted by Gasteiger charge is 2.34. The third kappa shape index (κ3) is 3.72. The van der Waals surface area contributed by atoms with Crippen molar-refractivity contribution in [2.75, 3.05) is 6.54 Å². The number of amides is 1. The van der Waals surface area contributed by atoms with Gasteiger partial charge < -0.3 is 10.0 Å². The van der Waals surface area contributed by atoms with E-state index >= 15 is 0 Å². The number of unbranched alkanes of at least 4 members (excludes halogenated alkanes) is 1. The minimum atomic E-state index is -0.854. The molecule has 98 valence electrons. The number of carbonyl (C=O) groups excluding carboxylic acids is 1. The molecule has 1 aliphatic rings. The summed E-state index contributed by atoms with van der Waals surface area (Å²) in [4.78, 5) is 24.7. The maximum atomic E-state index is 11.9. The van der Waals surface area contributed by atoms with Crippen LogP contribution < -0.4 is 0 Å². The van der Waals surface area contributed by atoms with Crippen molar-refractivity contribution in [1.29, 1.82) is 0 Å². The highest BCUT2D eigenvalue weighted by molar-refractivity contribution is 5.83. The molecule has 0 bridgehead atoms. The second-order valence-electron chi connectivity index (χ2n) is 4.84. The average Bonchev–Trinajstić information content (AvgIpc) is 2.35. The Morgan fingerprint density at radius 2 is 2.06 bits per heavy atom. The van der Waals surface area contributed by atoms with Gasteiger partial charge in [0.1, 0.15) is 6.04 Å². The van der Waals surface area contributed by atoms with Crippen LogP contribution in [0, 0.1) is 5.92 Å². The van der Waals surface area contributed by atoms with E-state index in [9.17, 15) is 14.7 Å². The average molecular weight is 241 g/mol. The molecule has 1 saturated heterocycles. The van der Waals surface area contributed by atoms with Crippen LogP contribution in [0.2, 0.25) is 0 Å². The Morgan fingerprint density at radius 3 is 2.59 bits per heavy atom. The van der Waals surface area contributed by atoms with E-state index in [1.165, 1.54) is 0 Å². The zero-order valence-corrected chi connectivity index (χ0v) is 10.8. The van der Waals surface area contributed by atoms with Crippen LogP contribution in [0.1, 0.15) is 52.4 Å². The number of nitrogens with zero attached hydrogens (tertiary/aromatic N) is 1. The number of carboxylic acid groups (broad SMARTS) is 1. The van der Waals surface area contributed by atoms with Crippen LogP contribution in [0.15, 0.2) is 0 Å². The van der Waals surface area contributed by atoms with Crippen molar-refractivity contribution in [3.8, 4) is 0 Å². The van der Waals surface area contributed by atoms with Crippen molar-refractivity contribution in [1.82, 2.24) is 4.90 Å². The van der Waals surface area contributed by atoms with Crippen molar-refractivity contribution >= 4 is 11.9 Å². The lowest BCUT2D eigenvalue weighted by Gasteiger charge is -2.37. The van der Waals surface area contributed by atoms with Crippen LogP contribution in [0.4, 0.5) is 0 Å². The summed E-state index contributed by atoms with van der Waals surface area (Å²) in [6.07, 6.45) is 4.85. The molecule has 0 spiro atoms. The standard InChI is InChI=1S/C13H23NO3/c1-3-5-6-12(15)14-8-7-10(4-2)9-11(14)13(16)17/h10-11H,3-9H2,1-2H3,(H,16,17). The van der Waals surface area contributed by atoms with Crippen LogP contribution in [0.3, 0.4) is 0 Å². The third-order valence-corrected chi connectivity index (χ3v) is 3.64. The second-order valence-corrected chi connectivity index (χ2v) is 4.84. The maximum absolute atomic E-state index is 11.9. The first-order valence-corrected chi connectivity index (χ1v) is 6.62. The minimum absolute atomic E-state index is 0.00815. The van der Waals surface area contributed by atoms with Gasteiger partial charge in [0.25, 0.3) is 0 Å². The van der Waals surface area contributed by atoms with Crippen LogP contribution >= 0.6 is 0 Å². The third-order valence-electron chi connectivity index (χ3n) is 3.64. The minimum Gasteiger partial charge on any atom is -0.480 e. The predicted molar refractivity (Wildman–Crippen MR) is 65.7 cm³/mol. The fourth-order valence-electron chi connectivity index (χ4n) is 2.41. The van der Waals surface area contributed by atoms with Gasteiger partial charge in [0.2, 0.25) is 5.91 Å². The van der Waals surface area contributed by atoms with Gasteiger partial charge in [-0.25, -0.2) is 4.79 Å². The highest BCUT2D eigenvalue weighted by atomic mass is 16.4. The van der Waals surface area contributed by atoms with Crippen molar-refractivity contribution in [3.05, 3.63) is 0 Å². The Kier molecular flexibility index (Phi) is 5.45. The first kappa shape index (κ1) is 14.0. The Morgan fingerprint density at radius 1 is 1.35 bits per heavy atom. The van der Waals surface area contributed by atoms with Gasteiger partial charge in [0, 0.05) is 13.0 Å². The number of hydrogen-bond acceptors (Lipinski definition) is 2. The van der Waals surface area contributed by atoms with Crippen molar-refractivity contribution in [2.45, 2.75) is 58.4 Å². The van der Waals surface area contributed by atoms with Crippen molar-refractivity contribution < 1.29 is 14.7 Å². The summed E-state index contributed by atoms with van der Waals surface area (Å²) in [5.74, 6) is -0.395. The molecule has 1 heterocycles. The zero-order valence-electron chi connectivity index (χ0n) is 10.8. The smallest absolute Gasteiger partial charge is 0.326 e. The quantitative estimate of drug-likeness (QED) is 0.803. The van der Waals surface area contributed by atoms with Crippen LogP contribution in [-0.2, 0) is 9.59 Å². The van der Waals surface area contributed by atoms with Crippen molar-refractivity contribution in [3.63, 3.8) is 0 Å². The second kappa shape index (κ2) is 6.62. The number of rotatable bonds is 5. The first-order chi connectivity index (χ1) is 8.10. The number of piperidine rings is 1. The molecule has 1 aliphatic heterocycles. The van der Waals surface area contributed by atoms with E-state index < -0.39 is 12.0 Å².